The van der Waals surface area contributed by atoms with Crippen LogP contribution < -0.4 is 0 Å². The lowest BCUT2D eigenvalue weighted by molar-refractivity contribution is -0.126. The second-order valence-electron chi connectivity index (χ2n) is 8.33. The summed E-state index contributed by atoms with van der Waals surface area (Å²) < 4.78 is 0. The van der Waals surface area contributed by atoms with Crippen LogP contribution in [0.3, 0.4) is 0 Å². The van der Waals surface area contributed by atoms with E-state index in [1.165, 1.54) is 22.8 Å². The summed E-state index contributed by atoms with van der Waals surface area (Å²) >= 11 is 0. The molecule has 0 N–H and O–H groups in total. The van der Waals surface area contributed by atoms with Crippen molar-refractivity contribution in [1.29, 1.82) is 0 Å². The molecule has 134 valence electrons. The summed E-state index contributed by atoms with van der Waals surface area (Å²) in [5.41, 5.74) is 1.15. The van der Waals surface area contributed by atoms with Crippen LogP contribution in [0.5, 0.6) is 0 Å². The highest BCUT2D eigenvalue weighted by molar-refractivity contribution is 5.88. The van der Waals surface area contributed by atoms with Gasteiger partial charge in [-0.1, -0.05) is 63.2 Å². The third-order valence-electron chi connectivity index (χ3n) is 6.04. The monoisotopic (exact) mass is 337 g/mol. The summed E-state index contributed by atoms with van der Waals surface area (Å²) in [7, 11) is 2.17. The Morgan fingerprint density at radius 1 is 1.12 bits per heavy atom. The van der Waals surface area contributed by atoms with Gasteiger partial charge in [-0.15, -0.1) is 0 Å². The molecule has 2 atom stereocenters. The lowest BCUT2D eigenvalue weighted by Gasteiger charge is -2.37. The number of nitrogens with zero attached hydrogens (tertiary/aromatic N) is 1. The molecule has 1 heterocycles. The highest BCUT2D eigenvalue weighted by Gasteiger charge is 2.33. The third-order valence-corrected chi connectivity index (χ3v) is 6.04. The van der Waals surface area contributed by atoms with E-state index in [2.05, 4.69) is 75.2 Å². The molecule has 0 aromatic heterocycles. The Balaban J connectivity index is 1.78. The van der Waals surface area contributed by atoms with Crippen LogP contribution in [0.15, 0.2) is 42.5 Å². The molecule has 1 fully saturated rings. The lowest BCUT2D eigenvalue weighted by Crippen LogP contribution is -2.43. The van der Waals surface area contributed by atoms with Gasteiger partial charge in [0, 0.05) is 24.9 Å². The first-order valence-corrected chi connectivity index (χ1v) is 9.63. The van der Waals surface area contributed by atoms with Gasteiger partial charge in [-0.2, -0.15) is 0 Å². The molecule has 0 radical (unpaired) electrons. The van der Waals surface area contributed by atoms with E-state index in [0.717, 1.165) is 19.4 Å². The van der Waals surface area contributed by atoms with Gasteiger partial charge in [0.15, 0.2) is 0 Å². The topological polar surface area (TPSA) is 20.3 Å². The third kappa shape index (κ3) is 3.79. The predicted octanol–water partition coefficient (Wildman–Crippen LogP) is 5.20. The fraction of sp³-hybridized carbons (Fsp3) is 0.522. The Hall–Kier alpha value is -1.67. The van der Waals surface area contributed by atoms with E-state index in [1.807, 2.05) is 0 Å². The number of hydrogen-bond acceptors (Lipinski definition) is 2. The highest BCUT2D eigenvalue weighted by Crippen LogP contribution is 2.35. The molecule has 0 aliphatic carbocycles. The maximum absolute atomic E-state index is 13.0. The van der Waals surface area contributed by atoms with Crippen molar-refractivity contribution in [3.8, 4) is 0 Å². The number of piperidine rings is 1. The number of carbonyl (C=O) groups excluding carboxylic acids is 1. The number of rotatable bonds is 5. The van der Waals surface area contributed by atoms with Crippen LogP contribution >= 0.6 is 0 Å². The molecule has 2 aromatic carbocycles. The van der Waals surface area contributed by atoms with E-state index >= 15 is 0 Å². The summed E-state index contributed by atoms with van der Waals surface area (Å²) in [6, 6.07) is 15.6. The molecule has 0 saturated carbocycles. The molecule has 3 rings (SSSR count). The summed E-state index contributed by atoms with van der Waals surface area (Å²) in [5, 5.41) is 2.53. The van der Waals surface area contributed by atoms with E-state index in [1.54, 1.807) is 0 Å². The van der Waals surface area contributed by atoms with Crippen LogP contribution in [0.2, 0.25) is 0 Å². The lowest BCUT2D eigenvalue weighted by atomic mass is 9.75. The zero-order chi connectivity index (χ0) is 18.0. The summed E-state index contributed by atoms with van der Waals surface area (Å²) in [4.78, 5) is 15.4. The van der Waals surface area contributed by atoms with Gasteiger partial charge in [-0.3, -0.25) is 4.79 Å². The average Bonchev–Trinajstić information content (AvgIpc) is 2.60. The number of Topliss-reactive ketones (excluding diaryl/α,β-unsaturated/α-hetero) is 1. The van der Waals surface area contributed by atoms with Gasteiger partial charge in [0.25, 0.3) is 0 Å². The molecular formula is C23H31NO. The molecular weight excluding hydrogens is 306 g/mol. The fourth-order valence-electron chi connectivity index (χ4n) is 4.47. The SMILES string of the molecule is CC[C@@H]1CCC(C(=O)CC(C)(C)c2cccc3ccccc23)CN1C. The first-order chi connectivity index (χ1) is 11.9. The molecule has 1 unspecified atom stereocenters. The smallest absolute Gasteiger partial charge is 0.138 e. The van der Waals surface area contributed by atoms with E-state index in [-0.39, 0.29) is 11.3 Å². The van der Waals surface area contributed by atoms with Crippen molar-refractivity contribution in [2.75, 3.05) is 13.6 Å². The first-order valence-electron chi connectivity index (χ1n) is 9.63. The second kappa shape index (κ2) is 7.29. The maximum atomic E-state index is 13.0. The fourth-order valence-corrected chi connectivity index (χ4v) is 4.47. The molecule has 2 nitrogen and oxygen atoms in total. The summed E-state index contributed by atoms with van der Waals surface area (Å²) in [5.74, 6) is 0.626. The standard InChI is InChI=1S/C23H31NO/c1-5-19-14-13-18(16-24(19)4)22(25)15-23(2,3)21-12-8-10-17-9-6-7-11-20(17)21/h6-12,18-19H,5,13-16H2,1-4H3/t18?,19-/m1/s1. The molecule has 25 heavy (non-hydrogen) atoms. The van der Waals surface area contributed by atoms with Crippen molar-refractivity contribution in [2.45, 2.75) is 57.9 Å². The van der Waals surface area contributed by atoms with Crippen LogP contribution in [0.25, 0.3) is 10.8 Å². The minimum Gasteiger partial charge on any atom is -0.303 e. The summed E-state index contributed by atoms with van der Waals surface area (Å²) in [6.07, 6.45) is 4.00. The van der Waals surface area contributed by atoms with E-state index in [0.29, 0.717) is 18.2 Å². The number of ketones is 1. The van der Waals surface area contributed by atoms with Gasteiger partial charge in [-0.05, 0) is 48.1 Å². The van der Waals surface area contributed by atoms with Crippen molar-refractivity contribution in [1.82, 2.24) is 4.90 Å². The zero-order valence-electron chi connectivity index (χ0n) is 16.1. The van der Waals surface area contributed by atoms with Crippen LogP contribution in [-0.2, 0) is 10.2 Å². The number of likely N-dealkylation sites (tertiary alicyclic amines) is 1. The summed E-state index contributed by atoms with van der Waals surface area (Å²) in [6.45, 7) is 7.60. The van der Waals surface area contributed by atoms with Gasteiger partial charge >= 0.3 is 0 Å². The minimum atomic E-state index is -0.141. The van der Waals surface area contributed by atoms with Crippen molar-refractivity contribution >= 4 is 16.6 Å². The Morgan fingerprint density at radius 3 is 2.56 bits per heavy atom. The first kappa shape index (κ1) is 18.1. The van der Waals surface area contributed by atoms with Crippen molar-refractivity contribution < 1.29 is 4.79 Å². The van der Waals surface area contributed by atoms with Gasteiger partial charge in [0.1, 0.15) is 5.78 Å². The molecule has 2 heteroatoms. The van der Waals surface area contributed by atoms with Crippen LogP contribution in [0, 0.1) is 5.92 Å². The molecule has 0 bridgehead atoms. The maximum Gasteiger partial charge on any atom is 0.138 e. The van der Waals surface area contributed by atoms with E-state index in [9.17, 15) is 4.79 Å². The molecule has 2 aromatic rings. The Morgan fingerprint density at radius 2 is 1.84 bits per heavy atom. The van der Waals surface area contributed by atoms with Gasteiger partial charge in [-0.25, -0.2) is 0 Å². The van der Waals surface area contributed by atoms with Crippen molar-refractivity contribution in [3.63, 3.8) is 0 Å². The van der Waals surface area contributed by atoms with Crippen molar-refractivity contribution in [2.24, 2.45) is 5.92 Å². The van der Waals surface area contributed by atoms with E-state index in [4.69, 9.17) is 0 Å². The van der Waals surface area contributed by atoms with Crippen molar-refractivity contribution in [3.05, 3.63) is 48.0 Å². The van der Waals surface area contributed by atoms with Crippen LogP contribution in [-0.4, -0.2) is 30.3 Å². The number of benzene rings is 2. The largest absolute Gasteiger partial charge is 0.303 e. The number of fused-ring (bicyclic) bond motifs is 1. The molecule has 0 amide bonds. The quantitative estimate of drug-likeness (QED) is 0.747. The highest BCUT2D eigenvalue weighted by atomic mass is 16.1. The minimum absolute atomic E-state index is 0.141. The predicted molar refractivity (Wildman–Crippen MR) is 106 cm³/mol. The van der Waals surface area contributed by atoms with Gasteiger partial charge in [0.2, 0.25) is 0 Å². The average molecular weight is 338 g/mol. The molecule has 1 saturated heterocycles. The zero-order valence-corrected chi connectivity index (χ0v) is 16.1. The number of hydrogen-bond donors (Lipinski definition) is 0. The van der Waals surface area contributed by atoms with E-state index < -0.39 is 0 Å². The normalized spacial score (nSPS) is 22.2. The molecule has 1 aliphatic rings. The number of carbonyl (C=O) groups is 1. The van der Waals surface area contributed by atoms with Crippen LogP contribution in [0.1, 0.15) is 52.0 Å². The Labute approximate surface area is 152 Å². The van der Waals surface area contributed by atoms with Gasteiger partial charge < -0.3 is 4.90 Å². The molecule has 0 spiro atoms. The Bertz CT molecular complexity index is 743. The van der Waals surface area contributed by atoms with Crippen LogP contribution in [0.4, 0.5) is 0 Å². The second-order valence-corrected chi connectivity index (χ2v) is 8.33. The molecule has 1 aliphatic heterocycles. The Kier molecular flexibility index (Phi) is 5.29. The van der Waals surface area contributed by atoms with Gasteiger partial charge in [0.05, 0.1) is 0 Å².